The van der Waals surface area contributed by atoms with Gasteiger partial charge >= 0.3 is 0 Å². The predicted molar refractivity (Wildman–Crippen MR) is 300 cm³/mol. The van der Waals surface area contributed by atoms with Crippen LogP contribution in [0.2, 0.25) is 0 Å². The number of anilines is 6. The fraction of sp³-hybridized carbons (Fsp3) is 0.0746. The third-order valence-corrected chi connectivity index (χ3v) is 14.4. The molecule has 340 valence electrons. The Morgan fingerprint density at radius 3 is 1.11 bits per heavy atom. The number of furan rings is 2. The van der Waals surface area contributed by atoms with E-state index in [-0.39, 0.29) is 5.92 Å². The Bertz CT molecular complexity index is 3880. The van der Waals surface area contributed by atoms with Gasteiger partial charge in [0.2, 0.25) is 0 Å². The summed E-state index contributed by atoms with van der Waals surface area (Å²) in [5.74, 6) is 0.149. The summed E-state index contributed by atoms with van der Waals surface area (Å²) in [4.78, 5) is 4.72. The van der Waals surface area contributed by atoms with Crippen molar-refractivity contribution >= 4 is 99.5 Å². The molecule has 0 N–H and O–H groups in total. The van der Waals surface area contributed by atoms with E-state index in [9.17, 15) is 0 Å². The first kappa shape index (κ1) is 42.3. The second kappa shape index (κ2) is 17.0. The van der Waals surface area contributed by atoms with Gasteiger partial charge in [-0.15, -0.1) is 0 Å². The third-order valence-electron chi connectivity index (χ3n) is 14.4. The van der Waals surface area contributed by atoms with Crippen molar-refractivity contribution in [1.82, 2.24) is 0 Å². The average molecular weight is 915 g/mol. The highest BCUT2D eigenvalue weighted by Gasteiger charge is 2.24. The van der Waals surface area contributed by atoms with Gasteiger partial charge in [-0.3, -0.25) is 0 Å². The van der Waals surface area contributed by atoms with Crippen molar-refractivity contribution in [2.24, 2.45) is 0 Å². The number of nitrogens with zero attached hydrogens (tertiary/aromatic N) is 2. The largest absolute Gasteiger partial charge is 0.456 e. The monoisotopic (exact) mass is 914 g/mol. The van der Waals surface area contributed by atoms with E-state index < -0.39 is 0 Å². The molecule has 0 amide bonds. The lowest BCUT2D eigenvalue weighted by Gasteiger charge is -2.27. The Labute approximate surface area is 413 Å². The summed E-state index contributed by atoms with van der Waals surface area (Å²) < 4.78 is 13.9. The molecule has 11 aromatic carbocycles. The van der Waals surface area contributed by atoms with Crippen LogP contribution in [0, 0.1) is 13.8 Å². The third kappa shape index (κ3) is 7.30. The van der Waals surface area contributed by atoms with E-state index in [4.69, 9.17) is 8.83 Å². The van der Waals surface area contributed by atoms with Crippen LogP contribution in [0.5, 0.6) is 0 Å². The van der Waals surface area contributed by atoms with Gasteiger partial charge in [-0.1, -0.05) is 147 Å². The van der Waals surface area contributed by atoms with Crippen molar-refractivity contribution in [2.75, 3.05) is 9.80 Å². The topological polar surface area (TPSA) is 32.8 Å². The van der Waals surface area contributed by atoms with Crippen molar-refractivity contribution in [3.05, 3.63) is 241 Å². The molecule has 13 aromatic rings. The highest BCUT2D eigenvalue weighted by molar-refractivity contribution is 6.20. The van der Waals surface area contributed by atoms with E-state index in [2.05, 4.69) is 262 Å². The molecule has 13 rings (SSSR count). The average Bonchev–Trinajstić information content (AvgIpc) is 3.94. The maximum Gasteiger partial charge on any atom is 0.142 e. The number of fused-ring (bicyclic) bond motifs is 8. The molecule has 0 saturated carbocycles. The molecule has 4 nitrogen and oxygen atoms in total. The Balaban J connectivity index is 0.908. The molecule has 0 aliphatic rings. The molecule has 0 aliphatic carbocycles. The van der Waals surface area contributed by atoms with E-state index in [1.54, 1.807) is 0 Å². The van der Waals surface area contributed by atoms with Crippen molar-refractivity contribution in [3.8, 4) is 22.3 Å². The van der Waals surface area contributed by atoms with Gasteiger partial charge in [0.05, 0.1) is 0 Å². The zero-order valence-corrected chi connectivity index (χ0v) is 40.2. The summed E-state index contributed by atoms with van der Waals surface area (Å²) in [6.07, 6.45) is 0. The summed E-state index contributed by atoms with van der Waals surface area (Å²) in [6.45, 7) is 8.83. The van der Waals surface area contributed by atoms with Crippen LogP contribution in [0.3, 0.4) is 0 Å². The van der Waals surface area contributed by atoms with Crippen LogP contribution in [0.4, 0.5) is 34.1 Å². The fourth-order valence-electron chi connectivity index (χ4n) is 10.8. The summed E-state index contributed by atoms with van der Waals surface area (Å²) in [7, 11) is 0. The number of para-hydroxylation sites is 2. The molecule has 0 aliphatic heterocycles. The minimum absolute atomic E-state index is 0.149. The number of hydrogen-bond acceptors (Lipinski definition) is 4. The van der Waals surface area contributed by atoms with Gasteiger partial charge < -0.3 is 18.6 Å². The first-order chi connectivity index (χ1) is 34.8. The highest BCUT2D eigenvalue weighted by Crippen LogP contribution is 2.46. The van der Waals surface area contributed by atoms with E-state index in [1.807, 2.05) is 0 Å². The van der Waals surface area contributed by atoms with Gasteiger partial charge in [-0.05, 0) is 166 Å². The summed E-state index contributed by atoms with van der Waals surface area (Å²) in [6, 6.07) is 81.0. The molecular formula is C67H50N2O2. The van der Waals surface area contributed by atoms with Gasteiger partial charge in [0.15, 0.2) is 0 Å². The van der Waals surface area contributed by atoms with Crippen molar-refractivity contribution in [3.63, 3.8) is 0 Å². The second-order valence-electron chi connectivity index (χ2n) is 19.2. The van der Waals surface area contributed by atoms with Gasteiger partial charge in [0, 0.05) is 61.2 Å². The maximum atomic E-state index is 6.97. The molecule has 0 radical (unpaired) electrons. The second-order valence-corrected chi connectivity index (χ2v) is 19.2. The van der Waals surface area contributed by atoms with E-state index in [1.165, 1.54) is 33.4 Å². The van der Waals surface area contributed by atoms with Crippen LogP contribution >= 0.6 is 0 Å². The quantitative estimate of drug-likeness (QED) is 0.144. The molecule has 4 heteroatoms. The molecule has 2 heterocycles. The van der Waals surface area contributed by atoms with Gasteiger partial charge in [0.1, 0.15) is 22.3 Å². The molecule has 0 saturated heterocycles. The fourth-order valence-corrected chi connectivity index (χ4v) is 10.8. The van der Waals surface area contributed by atoms with E-state index in [0.717, 1.165) is 105 Å². The maximum absolute atomic E-state index is 6.97. The minimum atomic E-state index is 0.149. The smallest absolute Gasteiger partial charge is 0.142 e. The lowest BCUT2D eigenvalue weighted by Crippen LogP contribution is -2.11. The van der Waals surface area contributed by atoms with Crippen LogP contribution in [0.25, 0.3) is 87.7 Å². The molecule has 2 aromatic heterocycles. The van der Waals surface area contributed by atoms with Crippen LogP contribution in [0.15, 0.2) is 233 Å². The highest BCUT2D eigenvalue weighted by atomic mass is 16.3. The van der Waals surface area contributed by atoms with Crippen LogP contribution < -0.4 is 9.80 Å². The summed E-state index contributed by atoms with van der Waals surface area (Å²) in [5, 5.41) is 8.96. The minimum Gasteiger partial charge on any atom is -0.456 e. The van der Waals surface area contributed by atoms with Crippen molar-refractivity contribution < 1.29 is 8.83 Å². The Morgan fingerprint density at radius 1 is 0.324 bits per heavy atom. The molecule has 0 atom stereocenters. The van der Waals surface area contributed by atoms with Crippen molar-refractivity contribution in [2.45, 2.75) is 33.6 Å². The zero-order valence-electron chi connectivity index (χ0n) is 40.2. The van der Waals surface area contributed by atoms with Crippen LogP contribution in [-0.2, 0) is 0 Å². The van der Waals surface area contributed by atoms with Crippen molar-refractivity contribution in [1.29, 1.82) is 0 Å². The summed E-state index contributed by atoms with van der Waals surface area (Å²) in [5.41, 5.74) is 18.4. The lowest BCUT2D eigenvalue weighted by molar-refractivity contribution is 0.638. The SMILES string of the molecule is Cc1ccccc1N(c1ccc(-c2ccccc2)cc1)c1ccc2cc3c(cc2c1)oc1c(C(C)C)c2oc4cc5cc(N(c6ccc(-c7ccccc7)cc6)c6ccccc6C)ccc5cc4c2cc13. The molecule has 0 fully saturated rings. The Morgan fingerprint density at radius 2 is 0.704 bits per heavy atom. The lowest BCUT2D eigenvalue weighted by atomic mass is 9.95. The van der Waals surface area contributed by atoms with Crippen LogP contribution in [-0.4, -0.2) is 0 Å². The van der Waals surface area contributed by atoms with E-state index >= 15 is 0 Å². The number of hydrogen-bond donors (Lipinski definition) is 0. The van der Waals surface area contributed by atoms with Gasteiger partial charge in [-0.2, -0.15) is 0 Å². The number of benzene rings is 11. The standard InChI is InChI=1S/C67H50N2O2/c1-42(2)65-66-59(57-37-49-27-33-55(35-51(49)39-63(57)70-66)68(61-21-13-11-15-43(61)3)53-29-23-47(24-30-53)45-17-7-5-8-18-45)41-60-58-38-50-28-34-56(36-52(50)40-64(58)71-67(60)65)69(62-22-14-12-16-44(62)4)54-31-25-48(26-32-54)46-19-9-6-10-20-46/h5-42H,1-4H3. The molecular weight excluding hydrogens is 865 g/mol. The Hall–Kier alpha value is -8.86. The van der Waals surface area contributed by atoms with Crippen LogP contribution in [0.1, 0.15) is 36.5 Å². The molecule has 0 unspecified atom stereocenters. The molecule has 0 spiro atoms. The molecule has 71 heavy (non-hydrogen) atoms. The van der Waals surface area contributed by atoms with E-state index in [0.29, 0.717) is 0 Å². The number of rotatable bonds is 9. The first-order valence-electron chi connectivity index (χ1n) is 24.6. The number of aryl methyl sites for hydroxylation is 2. The molecule has 0 bridgehead atoms. The van der Waals surface area contributed by atoms with Gasteiger partial charge in [-0.25, -0.2) is 0 Å². The predicted octanol–water partition coefficient (Wildman–Crippen LogP) is 19.8. The first-order valence-corrected chi connectivity index (χ1v) is 24.6. The summed E-state index contributed by atoms with van der Waals surface area (Å²) >= 11 is 0. The Kier molecular flexibility index (Phi) is 10.1. The zero-order chi connectivity index (χ0) is 47.7. The normalized spacial score (nSPS) is 11.8. The van der Waals surface area contributed by atoms with Gasteiger partial charge in [0.25, 0.3) is 0 Å².